The number of para-hydroxylation sites is 1. The molecular weight excluding hydrogens is 599 g/mol. The summed E-state index contributed by atoms with van der Waals surface area (Å²) in [5.74, 6) is 0. The van der Waals surface area contributed by atoms with Crippen molar-refractivity contribution in [3.8, 4) is 29.0 Å². The number of aromatic nitrogens is 1. The van der Waals surface area contributed by atoms with Crippen molar-refractivity contribution in [2.24, 2.45) is 0 Å². The summed E-state index contributed by atoms with van der Waals surface area (Å²) in [7, 11) is -2.63. The van der Waals surface area contributed by atoms with Gasteiger partial charge in [-0.1, -0.05) is 140 Å². The molecule has 0 radical (unpaired) electrons. The van der Waals surface area contributed by atoms with Gasteiger partial charge in [-0.3, -0.25) is 0 Å². The van der Waals surface area contributed by atoms with Gasteiger partial charge in [-0.05, 0) is 68.3 Å². The second kappa shape index (κ2) is 12.0. The van der Waals surface area contributed by atoms with Crippen LogP contribution in [0.15, 0.2) is 176 Å². The van der Waals surface area contributed by atoms with Crippen LogP contribution in [0.4, 0.5) is 0 Å². The van der Waals surface area contributed by atoms with Gasteiger partial charge in [-0.15, -0.1) is 0 Å². The van der Waals surface area contributed by atoms with E-state index in [-0.39, 0.29) is 0 Å². The molecule has 1 aromatic heterocycles. The van der Waals surface area contributed by atoms with E-state index in [0.29, 0.717) is 11.1 Å². The van der Waals surface area contributed by atoms with Gasteiger partial charge < -0.3 is 4.57 Å². The summed E-state index contributed by atoms with van der Waals surface area (Å²) >= 11 is 0. The smallest absolute Gasteiger partial charge is 0.179 e. The molecule has 0 fully saturated rings. The van der Waals surface area contributed by atoms with E-state index in [9.17, 15) is 10.5 Å². The summed E-state index contributed by atoms with van der Waals surface area (Å²) in [5, 5.41) is 27.2. The number of benzene rings is 7. The molecule has 0 saturated carbocycles. The van der Waals surface area contributed by atoms with Gasteiger partial charge in [0.25, 0.3) is 0 Å². The minimum atomic E-state index is -2.63. The number of nitrogens with zero attached hydrogens (tertiary/aromatic N) is 3. The van der Waals surface area contributed by atoms with Crippen LogP contribution in [-0.2, 0) is 0 Å². The standard InChI is InChI=1S/C44H29N3Si/c45-30-32-20-27-43-41(28-32)40-18-10-11-19-42(40)47(43)44-29-34(21-22-35(44)31-46)33-23-25-39(26-24-33)48(36-12-4-1-5-13-36,37-14-6-2-7-15-37)38-16-8-3-9-17-38/h1-29H. The van der Waals surface area contributed by atoms with Crippen LogP contribution < -0.4 is 20.7 Å². The third kappa shape index (κ3) is 4.64. The minimum absolute atomic E-state index is 0.589. The van der Waals surface area contributed by atoms with Crippen LogP contribution in [0.1, 0.15) is 11.1 Å². The first-order chi connectivity index (χ1) is 23.7. The third-order valence-corrected chi connectivity index (χ3v) is 14.2. The van der Waals surface area contributed by atoms with Crippen molar-refractivity contribution < 1.29 is 0 Å². The summed E-state index contributed by atoms with van der Waals surface area (Å²) in [6, 6.07) is 66.5. The molecule has 1 heterocycles. The highest BCUT2D eigenvalue weighted by molar-refractivity contribution is 7.19. The monoisotopic (exact) mass is 627 g/mol. The van der Waals surface area contributed by atoms with Crippen LogP contribution in [0.3, 0.4) is 0 Å². The average Bonchev–Trinajstić information content (AvgIpc) is 3.50. The number of hydrogen-bond donors (Lipinski definition) is 0. The molecule has 8 aromatic rings. The molecule has 0 spiro atoms. The Kier molecular flexibility index (Phi) is 7.27. The van der Waals surface area contributed by atoms with Crippen LogP contribution in [0.5, 0.6) is 0 Å². The van der Waals surface area contributed by atoms with E-state index in [1.54, 1.807) is 0 Å². The quantitative estimate of drug-likeness (QED) is 0.141. The zero-order chi connectivity index (χ0) is 32.5. The molecule has 0 aliphatic carbocycles. The van der Waals surface area contributed by atoms with Crippen molar-refractivity contribution in [1.82, 2.24) is 4.57 Å². The summed E-state index contributed by atoms with van der Waals surface area (Å²) in [6.07, 6.45) is 0. The molecule has 0 N–H and O–H groups in total. The fourth-order valence-corrected chi connectivity index (χ4v) is 12.0. The molecule has 0 atom stereocenters. The Morgan fingerprint density at radius 1 is 0.417 bits per heavy atom. The fraction of sp³-hybridized carbons (Fsp3) is 0. The molecule has 0 unspecified atom stereocenters. The third-order valence-electron chi connectivity index (χ3n) is 9.43. The first-order valence-electron chi connectivity index (χ1n) is 16.0. The van der Waals surface area contributed by atoms with E-state index < -0.39 is 8.07 Å². The molecule has 8 rings (SSSR count). The predicted molar refractivity (Wildman–Crippen MR) is 199 cm³/mol. The SMILES string of the molecule is N#Cc1ccc2c(c1)c1ccccc1n2-c1cc(-c2ccc([Si](c3ccccc3)(c3ccccc3)c3ccccc3)cc2)ccc1C#N. The Bertz CT molecular complexity index is 2410. The molecule has 4 heteroatoms. The second-order valence-corrected chi connectivity index (χ2v) is 15.8. The van der Waals surface area contributed by atoms with Crippen LogP contribution >= 0.6 is 0 Å². The minimum Gasteiger partial charge on any atom is -0.308 e. The summed E-state index contributed by atoms with van der Waals surface area (Å²) in [6.45, 7) is 0. The van der Waals surface area contributed by atoms with Gasteiger partial charge >= 0.3 is 0 Å². The lowest BCUT2D eigenvalue weighted by Gasteiger charge is -2.34. The van der Waals surface area contributed by atoms with E-state index in [0.717, 1.165) is 38.6 Å². The topological polar surface area (TPSA) is 52.5 Å². The highest BCUT2D eigenvalue weighted by Gasteiger charge is 2.41. The molecule has 0 amide bonds. The van der Waals surface area contributed by atoms with Gasteiger partial charge in [0, 0.05) is 10.8 Å². The van der Waals surface area contributed by atoms with Crippen LogP contribution in [0, 0.1) is 22.7 Å². The number of rotatable bonds is 6. The van der Waals surface area contributed by atoms with E-state index in [1.165, 1.54) is 20.7 Å². The molecule has 0 aliphatic rings. The highest BCUT2D eigenvalue weighted by atomic mass is 28.3. The van der Waals surface area contributed by atoms with Gasteiger partial charge in [0.1, 0.15) is 6.07 Å². The number of nitriles is 2. The second-order valence-electron chi connectivity index (χ2n) is 12.0. The molecule has 224 valence electrons. The molecule has 0 saturated heterocycles. The van der Waals surface area contributed by atoms with Crippen molar-refractivity contribution in [1.29, 1.82) is 10.5 Å². The van der Waals surface area contributed by atoms with Gasteiger partial charge in [0.2, 0.25) is 0 Å². The molecule has 7 aromatic carbocycles. The van der Waals surface area contributed by atoms with E-state index >= 15 is 0 Å². The van der Waals surface area contributed by atoms with Crippen LogP contribution in [-0.4, -0.2) is 12.6 Å². The Balaban J connectivity index is 1.31. The van der Waals surface area contributed by atoms with Crippen LogP contribution in [0.2, 0.25) is 0 Å². The summed E-state index contributed by atoms with van der Waals surface area (Å²) < 4.78 is 2.15. The zero-order valence-corrected chi connectivity index (χ0v) is 27.1. The lowest BCUT2D eigenvalue weighted by Crippen LogP contribution is -2.74. The van der Waals surface area contributed by atoms with Crippen molar-refractivity contribution >= 4 is 50.6 Å². The lowest BCUT2D eigenvalue weighted by molar-refractivity contribution is 1.17. The van der Waals surface area contributed by atoms with Gasteiger partial charge in [0.15, 0.2) is 8.07 Å². The Hall–Kier alpha value is -6.46. The highest BCUT2D eigenvalue weighted by Crippen LogP contribution is 2.35. The Morgan fingerprint density at radius 2 is 0.938 bits per heavy atom. The molecule has 0 aliphatic heterocycles. The summed E-state index contributed by atoms with van der Waals surface area (Å²) in [5.41, 5.74) is 6.08. The largest absolute Gasteiger partial charge is 0.308 e. The van der Waals surface area contributed by atoms with Crippen molar-refractivity contribution in [3.63, 3.8) is 0 Å². The molecule has 3 nitrogen and oxygen atoms in total. The molecule has 0 bridgehead atoms. The number of fused-ring (bicyclic) bond motifs is 3. The summed E-state index contributed by atoms with van der Waals surface area (Å²) in [4.78, 5) is 0. The van der Waals surface area contributed by atoms with Gasteiger partial charge in [-0.2, -0.15) is 10.5 Å². The van der Waals surface area contributed by atoms with Crippen LogP contribution in [0.25, 0.3) is 38.6 Å². The zero-order valence-electron chi connectivity index (χ0n) is 26.1. The Labute approximate surface area is 280 Å². The van der Waals surface area contributed by atoms with Crippen molar-refractivity contribution in [3.05, 3.63) is 187 Å². The van der Waals surface area contributed by atoms with E-state index in [4.69, 9.17) is 0 Å². The predicted octanol–water partition coefficient (Wildman–Crippen LogP) is 7.57. The maximum absolute atomic E-state index is 10.3. The lowest BCUT2D eigenvalue weighted by atomic mass is 10.0. The normalized spacial score (nSPS) is 11.3. The first kappa shape index (κ1) is 29.0. The maximum atomic E-state index is 10.3. The molecule has 48 heavy (non-hydrogen) atoms. The number of hydrogen-bond acceptors (Lipinski definition) is 2. The van der Waals surface area contributed by atoms with Crippen molar-refractivity contribution in [2.45, 2.75) is 0 Å². The molecular formula is C44H29N3Si. The first-order valence-corrected chi connectivity index (χ1v) is 18.0. The van der Waals surface area contributed by atoms with E-state index in [2.05, 4.69) is 150 Å². The van der Waals surface area contributed by atoms with E-state index in [1.807, 2.05) is 42.5 Å². The fourth-order valence-electron chi connectivity index (χ4n) is 7.27. The maximum Gasteiger partial charge on any atom is 0.179 e. The van der Waals surface area contributed by atoms with Gasteiger partial charge in [0.05, 0.1) is 33.9 Å². The Morgan fingerprint density at radius 3 is 1.52 bits per heavy atom. The van der Waals surface area contributed by atoms with Gasteiger partial charge in [-0.25, -0.2) is 0 Å². The van der Waals surface area contributed by atoms with Crippen molar-refractivity contribution in [2.75, 3.05) is 0 Å². The average molecular weight is 628 g/mol.